The van der Waals surface area contributed by atoms with Crippen molar-refractivity contribution in [3.63, 3.8) is 0 Å². The largest absolute Gasteiger partial charge is 0.393 e. The highest BCUT2D eigenvalue weighted by Gasteiger charge is 2.28. The first-order valence-corrected chi connectivity index (χ1v) is 8.37. The van der Waals surface area contributed by atoms with Crippen LogP contribution in [0.2, 0.25) is 10.0 Å². The van der Waals surface area contributed by atoms with Crippen LogP contribution in [0.4, 0.5) is 4.79 Å². The quantitative estimate of drug-likeness (QED) is 0.805. The molecule has 0 bridgehead atoms. The van der Waals surface area contributed by atoms with E-state index in [2.05, 4.69) is 5.32 Å². The minimum absolute atomic E-state index is 0.0506. The van der Waals surface area contributed by atoms with E-state index in [0.717, 1.165) is 24.8 Å². The third-order valence-electron chi connectivity index (χ3n) is 4.11. The second-order valence-electron chi connectivity index (χ2n) is 5.81. The summed E-state index contributed by atoms with van der Waals surface area (Å²) in [6, 6.07) is 5.42. The van der Waals surface area contributed by atoms with Crippen LogP contribution in [0.5, 0.6) is 0 Å². The summed E-state index contributed by atoms with van der Waals surface area (Å²) in [7, 11) is 0. The fourth-order valence-corrected chi connectivity index (χ4v) is 3.18. The number of nitrogens with zero attached hydrogens (tertiary/aromatic N) is 1. The molecule has 6 heteroatoms. The Labute approximate surface area is 141 Å². The molecule has 0 unspecified atom stereocenters. The number of nitrogens with one attached hydrogen (secondary N) is 1. The molecule has 0 saturated carbocycles. The highest BCUT2D eigenvalue weighted by atomic mass is 35.5. The van der Waals surface area contributed by atoms with Gasteiger partial charge in [0.25, 0.3) is 0 Å². The molecule has 1 aliphatic heterocycles. The van der Waals surface area contributed by atoms with Gasteiger partial charge in [-0.2, -0.15) is 0 Å². The lowest BCUT2D eigenvalue weighted by Gasteiger charge is -2.18. The number of amides is 2. The predicted molar refractivity (Wildman–Crippen MR) is 89.5 cm³/mol. The molecule has 2 rings (SSSR count). The van der Waals surface area contributed by atoms with E-state index in [-0.39, 0.29) is 18.1 Å². The van der Waals surface area contributed by atoms with Crippen molar-refractivity contribution in [2.75, 3.05) is 19.6 Å². The number of hydrogen-bond acceptors (Lipinski definition) is 2. The van der Waals surface area contributed by atoms with Gasteiger partial charge < -0.3 is 15.3 Å². The van der Waals surface area contributed by atoms with E-state index < -0.39 is 0 Å². The van der Waals surface area contributed by atoms with E-state index in [9.17, 15) is 9.90 Å². The maximum absolute atomic E-state index is 12.0. The molecule has 1 fully saturated rings. The molecule has 1 aromatic rings. The van der Waals surface area contributed by atoms with Gasteiger partial charge in [-0.15, -0.1) is 0 Å². The van der Waals surface area contributed by atoms with E-state index >= 15 is 0 Å². The number of likely N-dealkylation sites (tertiary alicyclic amines) is 1. The Morgan fingerprint density at radius 1 is 1.50 bits per heavy atom. The molecular weight excluding hydrogens is 323 g/mol. The first-order chi connectivity index (χ1) is 10.5. The molecular formula is C16H22Cl2N2O2. The van der Waals surface area contributed by atoms with Crippen LogP contribution in [0.15, 0.2) is 18.2 Å². The van der Waals surface area contributed by atoms with Gasteiger partial charge in [0.1, 0.15) is 0 Å². The van der Waals surface area contributed by atoms with Crippen LogP contribution in [-0.4, -0.2) is 41.8 Å². The third kappa shape index (κ3) is 4.77. The van der Waals surface area contributed by atoms with Crippen LogP contribution >= 0.6 is 23.2 Å². The number of rotatable bonds is 5. The molecule has 0 aromatic heterocycles. The maximum atomic E-state index is 12.0. The lowest BCUT2D eigenvalue weighted by Crippen LogP contribution is -2.39. The zero-order chi connectivity index (χ0) is 16.1. The fourth-order valence-electron chi connectivity index (χ4n) is 2.68. The van der Waals surface area contributed by atoms with Gasteiger partial charge in [0.2, 0.25) is 0 Å². The van der Waals surface area contributed by atoms with Gasteiger partial charge in [0.05, 0.1) is 6.10 Å². The summed E-state index contributed by atoms with van der Waals surface area (Å²) in [5.74, 6) is 0.193. The van der Waals surface area contributed by atoms with Crippen molar-refractivity contribution < 1.29 is 9.90 Å². The first kappa shape index (κ1) is 17.4. The first-order valence-electron chi connectivity index (χ1n) is 7.62. The van der Waals surface area contributed by atoms with Crippen LogP contribution in [0.1, 0.15) is 25.3 Å². The van der Waals surface area contributed by atoms with Crippen LogP contribution in [0.3, 0.4) is 0 Å². The number of halogens is 2. The van der Waals surface area contributed by atoms with Crippen molar-refractivity contribution in [3.8, 4) is 0 Å². The molecule has 1 aliphatic rings. The van der Waals surface area contributed by atoms with Gasteiger partial charge >= 0.3 is 6.03 Å². The second kappa shape index (κ2) is 8.04. The van der Waals surface area contributed by atoms with Gasteiger partial charge in [-0.3, -0.25) is 0 Å². The van der Waals surface area contributed by atoms with Crippen molar-refractivity contribution in [1.29, 1.82) is 0 Å². The summed E-state index contributed by atoms with van der Waals surface area (Å²) >= 11 is 12.0. The Morgan fingerprint density at radius 3 is 2.91 bits per heavy atom. The highest BCUT2D eigenvalue weighted by Crippen LogP contribution is 2.22. The molecule has 0 spiro atoms. The van der Waals surface area contributed by atoms with Gasteiger partial charge in [-0.25, -0.2) is 4.79 Å². The number of carbonyl (C=O) groups is 1. The van der Waals surface area contributed by atoms with Crippen molar-refractivity contribution in [2.24, 2.45) is 5.92 Å². The molecule has 1 saturated heterocycles. The summed E-state index contributed by atoms with van der Waals surface area (Å²) < 4.78 is 0. The number of aliphatic hydroxyl groups is 1. The molecule has 1 heterocycles. The molecule has 1 aromatic carbocycles. The normalized spacial score (nSPS) is 19.3. The highest BCUT2D eigenvalue weighted by molar-refractivity contribution is 6.35. The molecule has 22 heavy (non-hydrogen) atoms. The molecule has 0 radical (unpaired) electrons. The topological polar surface area (TPSA) is 52.6 Å². The standard InChI is InChI=1S/C16H22Cl2N2O2/c1-11(21)13-6-8-20(10-13)16(22)19-7-2-3-12-4-5-14(17)9-15(12)18/h4-5,9,11,13,21H,2-3,6-8,10H2,1H3,(H,19,22)/t11-,13-/m0/s1. The number of aliphatic hydroxyl groups excluding tert-OH is 1. The lowest BCUT2D eigenvalue weighted by atomic mass is 10.0. The number of benzene rings is 1. The molecule has 2 atom stereocenters. The van der Waals surface area contributed by atoms with E-state index in [1.165, 1.54) is 0 Å². The fraction of sp³-hybridized carbons (Fsp3) is 0.562. The zero-order valence-electron chi connectivity index (χ0n) is 12.7. The SMILES string of the molecule is C[C@H](O)[C@H]1CCN(C(=O)NCCCc2ccc(Cl)cc2Cl)C1. The predicted octanol–water partition coefficient (Wildman–Crippen LogP) is 3.34. The van der Waals surface area contributed by atoms with Gasteiger partial charge in [0, 0.05) is 35.6 Å². The number of aryl methyl sites for hydroxylation is 1. The second-order valence-corrected chi connectivity index (χ2v) is 6.65. The van der Waals surface area contributed by atoms with E-state index in [4.69, 9.17) is 23.2 Å². The van der Waals surface area contributed by atoms with Gasteiger partial charge in [-0.05, 0) is 43.9 Å². The Kier molecular flexibility index (Phi) is 6.36. The average Bonchev–Trinajstić information content (AvgIpc) is 2.95. The molecule has 122 valence electrons. The monoisotopic (exact) mass is 344 g/mol. The smallest absolute Gasteiger partial charge is 0.317 e. The summed E-state index contributed by atoms with van der Waals surface area (Å²) in [6.45, 7) is 3.73. The minimum Gasteiger partial charge on any atom is -0.393 e. The van der Waals surface area contributed by atoms with Crippen molar-refractivity contribution in [1.82, 2.24) is 10.2 Å². The van der Waals surface area contributed by atoms with E-state index in [0.29, 0.717) is 29.7 Å². The molecule has 0 aliphatic carbocycles. The summed E-state index contributed by atoms with van der Waals surface area (Å²) in [6.07, 6.45) is 2.13. The Morgan fingerprint density at radius 2 is 2.27 bits per heavy atom. The maximum Gasteiger partial charge on any atom is 0.317 e. The van der Waals surface area contributed by atoms with Crippen molar-refractivity contribution in [3.05, 3.63) is 33.8 Å². The number of hydrogen-bond donors (Lipinski definition) is 2. The van der Waals surface area contributed by atoms with Crippen molar-refractivity contribution in [2.45, 2.75) is 32.3 Å². The van der Waals surface area contributed by atoms with Gasteiger partial charge in [0.15, 0.2) is 0 Å². The number of carbonyl (C=O) groups excluding carboxylic acids is 1. The Balaban J connectivity index is 1.69. The summed E-state index contributed by atoms with van der Waals surface area (Å²) in [4.78, 5) is 13.8. The molecule has 4 nitrogen and oxygen atoms in total. The summed E-state index contributed by atoms with van der Waals surface area (Å²) in [5.41, 5.74) is 1.04. The van der Waals surface area contributed by atoms with E-state index in [1.54, 1.807) is 17.9 Å². The van der Waals surface area contributed by atoms with Crippen LogP contribution in [0, 0.1) is 5.92 Å². The molecule has 2 amide bonds. The van der Waals surface area contributed by atoms with Crippen molar-refractivity contribution >= 4 is 29.2 Å². The zero-order valence-corrected chi connectivity index (χ0v) is 14.2. The molecule has 2 N–H and O–H groups in total. The minimum atomic E-state index is -0.357. The van der Waals surface area contributed by atoms with Crippen LogP contribution in [-0.2, 0) is 6.42 Å². The lowest BCUT2D eigenvalue weighted by molar-refractivity contribution is 0.129. The Hall–Kier alpha value is -0.970. The van der Waals surface area contributed by atoms with Crippen LogP contribution < -0.4 is 5.32 Å². The number of urea groups is 1. The van der Waals surface area contributed by atoms with Gasteiger partial charge in [-0.1, -0.05) is 29.3 Å². The van der Waals surface area contributed by atoms with E-state index in [1.807, 2.05) is 12.1 Å². The van der Waals surface area contributed by atoms with Crippen LogP contribution in [0.25, 0.3) is 0 Å². The average molecular weight is 345 g/mol. The third-order valence-corrected chi connectivity index (χ3v) is 4.70. The Bertz CT molecular complexity index is 523. The summed E-state index contributed by atoms with van der Waals surface area (Å²) in [5, 5.41) is 13.8.